The molecule has 0 aliphatic heterocycles. The second-order valence-electron chi connectivity index (χ2n) is 7.60. The second-order valence-corrected chi connectivity index (χ2v) is 8.01. The highest BCUT2D eigenvalue weighted by atomic mass is 35.5. The number of para-hydroxylation sites is 1. The average Bonchev–Trinajstić information content (AvgIpc) is 2.82. The minimum Gasteiger partial charge on any atom is -0.481 e. The Bertz CT molecular complexity index is 1300. The van der Waals surface area contributed by atoms with Gasteiger partial charge >= 0.3 is 12.1 Å². The van der Waals surface area contributed by atoms with Crippen molar-refractivity contribution in [3.05, 3.63) is 82.1 Å². The Labute approximate surface area is 204 Å². The summed E-state index contributed by atoms with van der Waals surface area (Å²) in [6.07, 6.45) is -2.79. The first-order valence-corrected chi connectivity index (χ1v) is 10.8. The molecular formula is C25H19ClF3N3O3. The van der Waals surface area contributed by atoms with Gasteiger partial charge in [0.15, 0.2) is 5.78 Å². The maximum Gasteiger partial charge on any atom is 0.433 e. The number of rotatable bonds is 9. The molecule has 0 amide bonds. The van der Waals surface area contributed by atoms with Crippen LogP contribution in [0.2, 0.25) is 5.02 Å². The van der Waals surface area contributed by atoms with Gasteiger partial charge in [-0.25, -0.2) is 0 Å². The number of nitriles is 1. The lowest BCUT2D eigenvalue weighted by atomic mass is 9.98. The smallest absolute Gasteiger partial charge is 0.433 e. The van der Waals surface area contributed by atoms with Gasteiger partial charge in [0.1, 0.15) is 5.69 Å². The van der Waals surface area contributed by atoms with Crippen molar-refractivity contribution < 1.29 is 27.9 Å². The molecule has 0 aliphatic rings. The van der Waals surface area contributed by atoms with Crippen molar-refractivity contribution in [3.8, 4) is 17.2 Å². The molecule has 1 heterocycles. The van der Waals surface area contributed by atoms with E-state index in [4.69, 9.17) is 16.7 Å². The summed E-state index contributed by atoms with van der Waals surface area (Å²) in [6.45, 7) is -0.0899. The number of carboxylic acids is 1. The number of carboxylic acid groups (broad SMARTS) is 1. The number of benzene rings is 2. The van der Waals surface area contributed by atoms with Crippen molar-refractivity contribution in [1.29, 1.82) is 5.26 Å². The number of aryl methyl sites for hydroxylation is 1. The first-order chi connectivity index (χ1) is 16.6. The number of hydrogen-bond donors (Lipinski definition) is 2. The molecule has 180 valence electrons. The summed E-state index contributed by atoms with van der Waals surface area (Å²) in [5.41, 5.74) is 0.622. The molecule has 0 spiro atoms. The van der Waals surface area contributed by atoms with E-state index in [1.807, 2.05) is 12.1 Å². The van der Waals surface area contributed by atoms with Gasteiger partial charge in [0.05, 0.1) is 18.2 Å². The van der Waals surface area contributed by atoms with E-state index >= 15 is 0 Å². The molecule has 35 heavy (non-hydrogen) atoms. The average molecular weight is 502 g/mol. The van der Waals surface area contributed by atoms with Crippen LogP contribution in [-0.4, -0.2) is 28.4 Å². The Balaban J connectivity index is 1.81. The number of carbonyl (C=O) groups excluding carboxylic acids is 1. The summed E-state index contributed by atoms with van der Waals surface area (Å²) < 4.78 is 38.9. The molecule has 0 saturated carbocycles. The number of alkyl halides is 3. The molecule has 0 unspecified atom stereocenters. The quantitative estimate of drug-likeness (QED) is 0.349. The summed E-state index contributed by atoms with van der Waals surface area (Å²) in [7, 11) is 0. The van der Waals surface area contributed by atoms with Gasteiger partial charge in [-0.3, -0.25) is 14.6 Å². The zero-order chi connectivity index (χ0) is 25.6. The molecule has 0 saturated heterocycles. The summed E-state index contributed by atoms with van der Waals surface area (Å²) in [4.78, 5) is 27.0. The van der Waals surface area contributed by atoms with Crippen LogP contribution in [0.3, 0.4) is 0 Å². The van der Waals surface area contributed by atoms with E-state index in [-0.39, 0.29) is 46.0 Å². The predicted molar refractivity (Wildman–Crippen MR) is 124 cm³/mol. The van der Waals surface area contributed by atoms with Gasteiger partial charge in [-0.15, -0.1) is 0 Å². The molecule has 6 nitrogen and oxygen atoms in total. The molecule has 10 heteroatoms. The lowest BCUT2D eigenvalue weighted by molar-refractivity contribution is -0.141. The third-order valence-corrected chi connectivity index (χ3v) is 5.52. The van der Waals surface area contributed by atoms with E-state index < -0.39 is 17.8 Å². The molecule has 0 bridgehead atoms. The molecule has 3 rings (SSSR count). The zero-order valence-electron chi connectivity index (χ0n) is 18.2. The Morgan fingerprint density at radius 1 is 1.11 bits per heavy atom. The van der Waals surface area contributed by atoms with Crippen LogP contribution in [0.1, 0.15) is 40.0 Å². The highest BCUT2D eigenvalue weighted by Gasteiger charge is 2.33. The standard InChI is InChI=1S/C25H19ClF3N3O3/c26-20-9-8-16(10-18(20)19-13-32-23(25(27,28)29)11-17(19)12-30)22(33)14-31-21-6-2-1-4-15(21)5-3-7-24(34)35/h1-2,4,6,8-11,13,31H,3,5,7,14H2,(H,34,35). The van der Waals surface area contributed by atoms with E-state index in [0.717, 1.165) is 11.8 Å². The molecule has 2 N–H and O–H groups in total. The minimum absolute atomic E-state index is 0.0321. The van der Waals surface area contributed by atoms with E-state index in [9.17, 15) is 28.0 Å². The van der Waals surface area contributed by atoms with Crippen molar-refractivity contribution in [3.63, 3.8) is 0 Å². The number of ketones is 1. The number of nitrogens with one attached hydrogen (secondary N) is 1. The summed E-state index contributed by atoms with van der Waals surface area (Å²) in [6, 6.07) is 13.9. The van der Waals surface area contributed by atoms with Gasteiger partial charge in [0.2, 0.25) is 0 Å². The molecule has 0 aliphatic carbocycles. The van der Waals surface area contributed by atoms with Crippen LogP contribution >= 0.6 is 11.6 Å². The number of nitrogens with zero attached hydrogens (tertiary/aromatic N) is 2. The highest BCUT2D eigenvalue weighted by Crippen LogP contribution is 2.34. The van der Waals surface area contributed by atoms with Gasteiger partial charge in [0.25, 0.3) is 0 Å². The highest BCUT2D eigenvalue weighted by molar-refractivity contribution is 6.33. The summed E-state index contributed by atoms with van der Waals surface area (Å²) in [5, 5.41) is 21.4. The number of Topliss-reactive ketones (excluding diaryl/α,β-unsaturated/α-hetero) is 1. The number of halogens is 4. The van der Waals surface area contributed by atoms with Crippen LogP contribution in [0.25, 0.3) is 11.1 Å². The molecule has 0 radical (unpaired) electrons. The fraction of sp³-hybridized carbons (Fsp3) is 0.200. The molecular weight excluding hydrogens is 483 g/mol. The van der Waals surface area contributed by atoms with Crippen LogP contribution in [-0.2, 0) is 17.4 Å². The number of aliphatic carboxylic acids is 1. The van der Waals surface area contributed by atoms with Crippen molar-refractivity contribution in [2.75, 3.05) is 11.9 Å². The van der Waals surface area contributed by atoms with Crippen LogP contribution in [0, 0.1) is 11.3 Å². The lowest BCUT2D eigenvalue weighted by Crippen LogP contribution is -2.15. The Morgan fingerprint density at radius 2 is 1.86 bits per heavy atom. The van der Waals surface area contributed by atoms with E-state index in [0.29, 0.717) is 24.6 Å². The first kappa shape index (κ1) is 25.7. The van der Waals surface area contributed by atoms with Gasteiger partial charge in [0, 0.05) is 40.0 Å². The maximum absolute atomic E-state index is 13.0. The fourth-order valence-corrected chi connectivity index (χ4v) is 3.66. The largest absolute Gasteiger partial charge is 0.481 e. The van der Waals surface area contributed by atoms with Crippen molar-refractivity contribution in [2.24, 2.45) is 0 Å². The summed E-state index contributed by atoms with van der Waals surface area (Å²) >= 11 is 6.23. The first-order valence-electron chi connectivity index (χ1n) is 10.4. The van der Waals surface area contributed by atoms with E-state index in [2.05, 4.69) is 10.3 Å². The number of aromatic nitrogens is 1. The SMILES string of the molecule is N#Cc1cc(C(F)(F)F)ncc1-c1cc(C(=O)CNc2ccccc2CCCC(=O)O)ccc1Cl. The van der Waals surface area contributed by atoms with Gasteiger partial charge in [-0.05, 0) is 48.7 Å². The Kier molecular flexibility index (Phi) is 8.10. The van der Waals surface area contributed by atoms with Crippen LogP contribution in [0.4, 0.5) is 18.9 Å². The van der Waals surface area contributed by atoms with Crippen LogP contribution < -0.4 is 5.32 Å². The topological polar surface area (TPSA) is 103 Å². The normalized spacial score (nSPS) is 11.1. The molecule has 0 fully saturated rings. The van der Waals surface area contributed by atoms with Crippen molar-refractivity contribution >= 4 is 29.0 Å². The Morgan fingerprint density at radius 3 is 2.54 bits per heavy atom. The molecule has 0 atom stereocenters. The van der Waals surface area contributed by atoms with Gasteiger partial charge in [-0.1, -0.05) is 29.8 Å². The number of pyridine rings is 1. The maximum atomic E-state index is 13.0. The predicted octanol–water partition coefficient (Wildman–Crippen LogP) is 5.99. The monoisotopic (exact) mass is 501 g/mol. The Hall–Kier alpha value is -3.90. The number of carbonyl (C=O) groups is 2. The van der Waals surface area contributed by atoms with Crippen molar-refractivity contribution in [2.45, 2.75) is 25.4 Å². The molecule has 1 aromatic heterocycles. The minimum atomic E-state index is -4.71. The van der Waals surface area contributed by atoms with E-state index in [1.54, 1.807) is 18.2 Å². The van der Waals surface area contributed by atoms with E-state index in [1.165, 1.54) is 18.2 Å². The van der Waals surface area contributed by atoms with Gasteiger partial charge < -0.3 is 10.4 Å². The third kappa shape index (κ3) is 6.58. The summed E-state index contributed by atoms with van der Waals surface area (Å²) in [5.74, 6) is -1.20. The molecule has 2 aromatic carbocycles. The number of anilines is 1. The third-order valence-electron chi connectivity index (χ3n) is 5.19. The van der Waals surface area contributed by atoms with Gasteiger partial charge in [-0.2, -0.15) is 18.4 Å². The second kappa shape index (κ2) is 11.0. The molecule has 3 aromatic rings. The van der Waals surface area contributed by atoms with Crippen LogP contribution in [0.15, 0.2) is 54.7 Å². The van der Waals surface area contributed by atoms with Crippen LogP contribution in [0.5, 0.6) is 0 Å². The zero-order valence-corrected chi connectivity index (χ0v) is 19.0. The number of hydrogen-bond acceptors (Lipinski definition) is 5. The lowest BCUT2D eigenvalue weighted by Gasteiger charge is -2.13. The van der Waals surface area contributed by atoms with Crippen molar-refractivity contribution in [1.82, 2.24) is 4.98 Å². The fourth-order valence-electron chi connectivity index (χ4n) is 3.44.